The number of hydrogen-bond donors (Lipinski definition) is 2. The highest BCUT2D eigenvalue weighted by Crippen LogP contribution is 2.21. The van der Waals surface area contributed by atoms with E-state index in [-0.39, 0.29) is 5.69 Å². The van der Waals surface area contributed by atoms with E-state index in [4.69, 9.17) is 5.73 Å². The molecule has 0 radical (unpaired) electrons. The molecule has 0 atom stereocenters. The molecule has 0 unspecified atom stereocenters. The van der Waals surface area contributed by atoms with E-state index < -0.39 is 20.5 Å². The monoisotopic (exact) mass is 257 g/mol. The quantitative estimate of drug-likeness (QED) is 0.817. The van der Waals surface area contributed by atoms with E-state index in [0.717, 1.165) is 6.26 Å². The number of aromatic nitrogens is 1. The third-order valence-electron chi connectivity index (χ3n) is 2.57. The first-order valence-corrected chi connectivity index (χ1v) is 6.76. The van der Waals surface area contributed by atoms with Gasteiger partial charge in [-0.25, -0.2) is 8.42 Å². The molecule has 1 rings (SSSR count). The molecule has 1 amide bonds. The lowest BCUT2D eigenvalue weighted by Crippen LogP contribution is -2.43. The van der Waals surface area contributed by atoms with E-state index in [0.29, 0.717) is 5.69 Å². The summed E-state index contributed by atoms with van der Waals surface area (Å²) >= 11 is 0. The van der Waals surface area contributed by atoms with Crippen molar-refractivity contribution in [2.24, 2.45) is 0 Å². The predicted molar refractivity (Wildman–Crippen MR) is 66.2 cm³/mol. The number of nitrogens with one attached hydrogen (secondary N) is 1. The topological polar surface area (TPSA) is 102 Å². The predicted octanol–water partition coefficient (Wildman–Crippen LogP) is 0.426. The van der Waals surface area contributed by atoms with Crippen LogP contribution in [0.4, 0.5) is 11.4 Å². The SMILES string of the molecule is CC(C)(C(=O)Nc1ccncc1N)S(C)(=O)=O. The Hall–Kier alpha value is -1.63. The summed E-state index contributed by atoms with van der Waals surface area (Å²) < 4.78 is 21.4. The Kier molecular flexibility index (Phi) is 3.42. The average Bonchev–Trinajstić information content (AvgIpc) is 2.19. The third kappa shape index (κ3) is 2.73. The number of nitrogens with zero attached hydrogens (tertiary/aromatic N) is 1. The first kappa shape index (κ1) is 13.4. The van der Waals surface area contributed by atoms with Crippen LogP contribution in [0.15, 0.2) is 18.5 Å². The fourth-order valence-electron chi connectivity index (χ4n) is 0.962. The lowest BCUT2D eigenvalue weighted by molar-refractivity contribution is -0.117. The molecular weight excluding hydrogens is 242 g/mol. The summed E-state index contributed by atoms with van der Waals surface area (Å²) in [6.07, 6.45) is 3.85. The van der Waals surface area contributed by atoms with Gasteiger partial charge in [-0.1, -0.05) is 0 Å². The highest BCUT2D eigenvalue weighted by atomic mass is 32.2. The van der Waals surface area contributed by atoms with Crippen LogP contribution in [-0.4, -0.2) is 30.3 Å². The maximum Gasteiger partial charge on any atom is 0.245 e. The minimum absolute atomic E-state index is 0.283. The zero-order chi connectivity index (χ0) is 13.3. The molecule has 1 aromatic heterocycles. The molecule has 3 N–H and O–H groups in total. The van der Waals surface area contributed by atoms with Crippen LogP contribution in [0, 0.1) is 0 Å². The van der Waals surface area contributed by atoms with Crippen molar-refractivity contribution in [3.05, 3.63) is 18.5 Å². The normalized spacial score (nSPS) is 12.2. The zero-order valence-corrected chi connectivity index (χ0v) is 10.7. The van der Waals surface area contributed by atoms with E-state index in [1.165, 1.54) is 32.3 Å². The smallest absolute Gasteiger partial charge is 0.245 e. The van der Waals surface area contributed by atoms with Crippen molar-refractivity contribution in [2.45, 2.75) is 18.6 Å². The number of nitrogen functional groups attached to an aromatic ring is 1. The van der Waals surface area contributed by atoms with Crippen LogP contribution in [0.25, 0.3) is 0 Å². The molecule has 0 aromatic carbocycles. The molecule has 7 heteroatoms. The lowest BCUT2D eigenvalue weighted by atomic mass is 10.2. The second kappa shape index (κ2) is 4.33. The van der Waals surface area contributed by atoms with Gasteiger partial charge in [-0.3, -0.25) is 9.78 Å². The first-order chi connectivity index (χ1) is 7.66. The third-order valence-corrected chi connectivity index (χ3v) is 4.61. The summed E-state index contributed by atoms with van der Waals surface area (Å²) in [4.78, 5) is 15.6. The van der Waals surface area contributed by atoms with Crippen molar-refractivity contribution in [1.82, 2.24) is 4.98 Å². The molecule has 1 aromatic rings. The highest BCUT2D eigenvalue weighted by Gasteiger charge is 2.38. The van der Waals surface area contributed by atoms with Gasteiger partial charge in [-0.15, -0.1) is 0 Å². The summed E-state index contributed by atoms with van der Waals surface area (Å²) in [7, 11) is -3.50. The number of nitrogens with two attached hydrogens (primary N) is 1. The van der Waals surface area contributed by atoms with Crippen molar-refractivity contribution in [3.8, 4) is 0 Å². The number of carbonyl (C=O) groups is 1. The molecule has 6 nitrogen and oxygen atoms in total. The number of sulfone groups is 1. The molecule has 0 saturated carbocycles. The molecule has 0 aliphatic carbocycles. The second-order valence-electron chi connectivity index (χ2n) is 4.20. The Morgan fingerprint density at radius 3 is 2.53 bits per heavy atom. The van der Waals surface area contributed by atoms with Crippen LogP contribution in [0.2, 0.25) is 0 Å². The molecule has 0 spiro atoms. The number of hydrogen-bond acceptors (Lipinski definition) is 5. The molecule has 0 aliphatic heterocycles. The number of pyridine rings is 1. The van der Waals surface area contributed by atoms with Crippen LogP contribution < -0.4 is 11.1 Å². The second-order valence-corrected chi connectivity index (χ2v) is 6.76. The van der Waals surface area contributed by atoms with E-state index in [9.17, 15) is 13.2 Å². The first-order valence-electron chi connectivity index (χ1n) is 4.87. The van der Waals surface area contributed by atoms with Gasteiger partial charge < -0.3 is 11.1 Å². The maximum atomic E-state index is 11.9. The summed E-state index contributed by atoms with van der Waals surface area (Å²) in [5, 5.41) is 2.47. The minimum atomic E-state index is -3.50. The van der Waals surface area contributed by atoms with Gasteiger partial charge in [0.1, 0.15) is 4.75 Å². The summed E-state index contributed by atoms with van der Waals surface area (Å²) in [6.45, 7) is 2.68. The van der Waals surface area contributed by atoms with Crippen LogP contribution in [0.1, 0.15) is 13.8 Å². The summed E-state index contributed by atoms with van der Waals surface area (Å²) in [5.74, 6) is -0.627. The van der Waals surface area contributed by atoms with Gasteiger partial charge in [-0.2, -0.15) is 0 Å². The standard InChI is InChI=1S/C10H15N3O3S/c1-10(2,17(3,15)16)9(14)13-8-4-5-12-6-7(8)11/h4-6H,11H2,1-3H3,(H,12,13,14). The molecule has 0 aliphatic rings. The largest absolute Gasteiger partial charge is 0.396 e. The van der Waals surface area contributed by atoms with Crippen molar-refractivity contribution in [3.63, 3.8) is 0 Å². The van der Waals surface area contributed by atoms with E-state index in [2.05, 4.69) is 10.3 Å². The van der Waals surface area contributed by atoms with Gasteiger partial charge in [0.25, 0.3) is 0 Å². The van der Waals surface area contributed by atoms with Crippen molar-refractivity contribution in [1.29, 1.82) is 0 Å². The molecule has 0 bridgehead atoms. The van der Waals surface area contributed by atoms with Gasteiger partial charge in [0.15, 0.2) is 9.84 Å². The Balaban J connectivity index is 2.99. The van der Waals surface area contributed by atoms with Gasteiger partial charge in [0.2, 0.25) is 5.91 Å². The average molecular weight is 257 g/mol. The Morgan fingerprint density at radius 2 is 2.06 bits per heavy atom. The fourth-order valence-corrected chi connectivity index (χ4v) is 1.35. The van der Waals surface area contributed by atoms with E-state index in [1.807, 2.05) is 0 Å². The molecule has 0 fully saturated rings. The van der Waals surface area contributed by atoms with E-state index in [1.54, 1.807) is 0 Å². The van der Waals surface area contributed by atoms with Crippen molar-refractivity contribution >= 4 is 27.1 Å². The van der Waals surface area contributed by atoms with Crippen LogP contribution in [-0.2, 0) is 14.6 Å². The number of amides is 1. The van der Waals surface area contributed by atoms with Crippen LogP contribution in [0.3, 0.4) is 0 Å². The Labute approximate surface area is 100 Å². The van der Waals surface area contributed by atoms with Crippen molar-refractivity contribution < 1.29 is 13.2 Å². The van der Waals surface area contributed by atoms with Gasteiger partial charge in [-0.05, 0) is 19.9 Å². The van der Waals surface area contributed by atoms with Gasteiger partial charge >= 0.3 is 0 Å². The van der Waals surface area contributed by atoms with Crippen molar-refractivity contribution in [2.75, 3.05) is 17.3 Å². The highest BCUT2D eigenvalue weighted by molar-refractivity contribution is 7.92. The summed E-state index contributed by atoms with van der Waals surface area (Å²) in [5.41, 5.74) is 6.23. The number of anilines is 2. The van der Waals surface area contributed by atoms with Crippen LogP contribution in [0.5, 0.6) is 0 Å². The molecule has 1 heterocycles. The number of rotatable bonds is 3. The molecule has 17 heavy (non-hydrogen) atoms. The van der Waals surface area contributed by atoms with E-state index >= 15 is 0 Å². The molecule has 94 valence electrons. The molecule has 0 saturated heterocycles. The van der Waals surface area contributed by atoms with Gasteiger partial charge in [0.05, 0.1) is 17.6 Å². The van der Waals surface area contributed by atoms with Gasteiger partial charge in [0, 0.05) is 12.5 Å². The lowest BCUT2D eigenvalue weighted by Gasteiger charge is -2.21. The maximum absolute atomic E-state index is 11.9. The minimum Gasteiger partial charge on any atom is -0.396 e. The number of carbonyl (C=O) groups excluding carboxylic acids is 1. The zero-order valence-electron chi connectivity index (χ0n) is 9.89. The van der Waals surface area contributed by atoms with Crippen LogP contribution >= 0.6 is 0 Å². The summed E-state index contributed by atoms with van der Waals surface area (Å²) in [6, 6.07) is 1.51. The Morgan fingerprint density at radius 1 is 1.47 bits per heavy atom. The fraction of sp³-hybridized carbons (Fsp3) is 0.400. The molecular formula is C10H15N3O3S. The Bertz CT molecular complexity index is 537.